The maximum Gasteiger partial charge on any atom is 0.334 e. The SMILES string of the molecule is O=C1CC[C@@H](C(=O)Oc2c(F)c(F)c(F)c(F)c2F)N1. The summed E-state index contributed by atoms with van der Waals surface area (Å²) in [4.78, 5) is 22.3. The highest BCUT2D eigenvalue weighted by Crippen LogP contribution is 2.29. The van der Waals surface area contributed by atoms with Crippen molar-refractivity contribution in [1.82, 2.24) is 5.32 Å². The second kappa shape index (κ2) is 5.06. The van der Waals surface area contributed by atoms with E-state index in [0.717, 1.165) is 0 Å². The highest BCUT2D eigenvalue weighted by atomic mass is 19.2. The molecular weight excluding hydrogens is 289 g/mol. The molecule has 1 N–H and O–H groups in total. The molecule has 4 nitrogen and oxygen atoms in total. The fourth-order valence-corrected chi connectivity index (χ4v) is 1.64. The third kappa shape index (κ3) is 2.30. The molecule has 1 heterocycles. The molecule has 1 saturated heterocycles. The van der Waals surface area contributed by atoms with E-state index in [1.54, 1.807) is 0 Å². The molecule has 1 fully saturated rings. The van der Waals surface area contributed by atoms with Crippen LogP contribution in [0.4, 0.5) is 22.0 Å². The molecule has 0 radical (unpaired) electrons. The van der Waals surface area contributed by atoms with Crippen LogP contribution in [-0.4, -0.2) is 17.9 Å². The molecule has 0 spiro atoms. The monoisotopic (exact) mass is 295 g/mol. The molecule has 9 heteroatoms. The van der Waals surface area contributed by atoms with Crippen molar-refractivity contribution in [3.05, 3.63) is 29.1 Å². The number of ether oxygens (including phenoxy) is 1. The average molecular weight is 295 g/mol. The zero-order chi connectivity index (χ0) is 15.0. The van der Waals surface area contributed by atoms with Crippen molar-refractivity contribution in [2.75, 3.05) is 0 Å². The second-order valence-electron chi connectivity index (χ2n) is 3.98. The van der Waals surface area contributed by atoms with E-state index < -0.39 is 52.8 Å². The Morgan fingerprint density at radius 1 is 1.00 bits per heavy atom. The smallest absolute Gasteiger partial charge is 0.334 e. The van der Waals surface area contributed by atoms with E-state index in [4.69, 9.17) is 0 Å². The summed E-state index contributed by atoms with van der Waals surface area (Å²) in [6.07, 6.45) is 0.00390. The summed E-state index contributed by atoms with van der Waals surface area (Å²) >= 11 is 0. The Bertz CT molecular complexity index is 575. The van der Waals surface area contributed by atoms with Crippen molar-refractivity contribution < 1.29 is 36.3 Å². The predicted octanol–water partition coefficient (Wildman–Crippen LogP) is 1.57. The van der Waals surface area contributed by atoms with E-state index in [2.05, 4.69) is 10.1 Å². The normalized spacial score (nSPS) is 18.1. The first-order chi connectivity index (χ1) is 9.32. The Hall–Kier alpha value is -2.19. The molecule has 1 atom stereocenters. The number of carbonyl (C=O) groups excluding carboxylic acids is 2. The number of rotatable bonds is 2. The molecule has 0 aromatic heterocycles. The van der Waals surface area contributed by atoms with E-state index in [9.17, 15) is 31.5 Å². The van der Waals surface area contributed by atoms with Crippen LogP contribution in [0.2, 0.25) is 0 Å². The van der Waals surface area contributed by atoms with Crippen molar-refractivity contribution >= 4 is 11.9 Å². The van der Waals surface area contributed by atoms with Gasteiger partial charge in [-0.05, 0) is 6.42 Å². The zero-order valence-corrected chi connectivity index (χ0v) is 9.61. The van der Waals surface area contributed by atoms with Crippen LogP contribution in [0, 0.1) is 29.1 Å². The first-order valence-electron chi connectivity index (χ1n) is 5.35. The van der Waals surface area contributed by atoms with Crippen LogP contribution in [0.15, 0.2) is 0 Å². The van der Waals surface area contributed by atoms with Gasteiger partial charge in [0.15, 0.2) is 0 Å². The van der Waals surface area contributed by atoms with E-state index in [1.165, 1.54) is 0 Å². The summed E-state index contributed by atoms with van der Waals surface area (Å²) in [7, 11) is 0. The minimum absolute atomic E-state index is 0.00310. The van der Waals surface area contributed by atoms with Gasteiger partial charge in [0, 0.05) is 6.42 Å². The van der Waals surface area contributed by atoms with Crippen molar-refractivity contribution in [3.8, 4) is 5.75 Å². The van der Waals surface area contributed by atoms with Crippen LogP contribution in [0.25, 0.3) is 0 Å². The van der Waals surface area contributed by atoms with Gasteiger partial charge in [-0.15, -0.1) is 0 Å². The molecule has 108 valence electrons. The molecule has 0 aliphatic carbocycles. The Kier molecular flexibility index (Phi) is 3.60. The molecule has 0 unspecified atom stereocenters. The van der Waals surface area contributed by atoms with Gasteiger partial charge >= 0.3 is 5.97 Å². The number of amides is 1. The zero-order valence-electron chi connectivity index (χ0n) is 9.61. The number of nitrogens with one attached hydrogen (secondary N) is 1. The first kappa shape index (κ1) is 14.2. The van der Waals surface area contributed by atoms with Crippen molar-refractivity contribution in [3.63, 3.8) is 0 Å². The molecule has 20 heavy (non-hydrogen) atoms. The van der Waals surface area contributed by atoms with Gasteiger partial charge in [-0.3, -0.25) is 4.79 Å². The highest BCUT2D eigenvalue weighted by Gasteiger charge is 2.33. The van der Waals surface area contributed by atoms with Crippen molar-refractivity contribution in [2.45, 2.75) is 18.9 Å². The number of carbonyl (C=O) groups is 2. The summed E-state index contributed by atoms with van der Waals surface area (Å²) in [6.45, 7) is 0. The lowest BCUT2D eigenvalue weighted by atomic mass is 10.2. The fraction of sp³-hybridized carbons (Fsp3) is 0.273. The number of esters is 1. The highest BCUT2D eigenvalue weighted by molar-refractivity contribution is 5.88. The van der Waals surface area contributed by atoms with Gasteiger partial charge in [0.25, 0.3) is 0 Å². The molecule has 0 saturated carbocycles. The van der Waals surface area contributed by atoms with Gasteiger partial charge in [-0.2, -0.15) is 8.78 Å². The third-order valence-electron chi connectivity index (χ3n) is 2.65. The number of halogens is 5. The lowest BCUT2D eigenvalue weighted by Crippen LogP contribution is -2.36. The molecular formula is C11H6F5NO3. The molecule has 1 aromatic rings. The van der Waals surface area contributed by atoms with Crippen LogP contribution < -0.4 is 10.1 Å². The fourth-order valence-electron chi connectivity index (χ4n) is 1.64. The maximum atomic E-state index is 13.2. The lowest BCUT2D eigenvalue weighted by molar-refractivity contribution is -0.137. The molecule has 1 amide bonds. The van der Waals surface area contributed by atoms with E-state index >= 15 is 0 Å². The van der Waals surface area contributed by atoms with Gasteiger partial charge in [0.2, 0.25) is 40.7 Å². The van der Waals surface area contributed by atoms with Gasteiger partial charge in [0.1, 0.15) is 6.04 Å². The minimum atomic E-state index is -2.35. The van der Waals surface area contributed by atoms with Crippen LogP contribution in [0.5, 0.6) is 5.75 Å². The molecule has 2 rings (SSSR count). The average Bonchev–Trinajstić information content (AvgIpc) is 2.85. The number of hydrogen-bond donors (Lipinski definition) is 1. The number of hydrogen-bond acceptors (Lipinski definition) is 3. The van der Waals surface area contributed by atoms with E-state index in [-0.39, 0.29) is 12.8 Å². The van der Waals surface area contributed by atoms with Crippen LogP contribution in [0.3, 0.4) is 0 Å². The first-order valence-corrected chi connectivity index (χ1v) is 5.35. The largest absolute Gasteiger partial charge is 0.418 e. The molecule has 1 aromatic carbocycles. The predicted molar refractivity (Wildman–Crippen MR) is 53.0 cm³/mol. The van der Waals surface area contributed by atoms with Crippen molar-refractivity contribution in [2.24, 2.45) is 0 Å². The molecule has 0 bridgehead atoms. The Labute approximate surface area is 108 Å². The maximum absolute atomic E-state index is 13.2. The summed E-state index contributed by atoms with van der Waals surface area (Å²) in [6, 6.07) is -1.18. The van der Waals surface area contributed by atoms with Gasteiger partial charge < -0.3 is 10.1 Å². The quantitative estimate of drug-likeness (QED) is 0.296. The minimum Gasteiger partial charge on any atom is -0.418 e. The Balaban J connectivity index is 2.30. The van der Waals surface area contributed by atoms with Crippen LogP contribution in [0.1, 0.15) is 12.8 Å². The van der Waals surface area contributed by atoms with Gasteiger partial charge in [-0.1, -0.05) is 0 Å². The number of benzene rings is 1. The molecule has 1 aliphatic rings. The standard InChI is InChI=1S/C11H6F5NO3/c12-5-6(13)8(15)10(9(16)7(5)14)20-11(19)3-1-2-4(18)17-3/h3H,1-2H2,(H,17,18)/t3-/m0/s1. The van der Waals surface area contributed by atoms with E-state index in [0.29, 0.717) is 0 Å². The van der Waals surface area contributed by atoms with Crippen molar-refractivity contribution in [1.29, 1.82) is 0 Å². The van der Waals surface area contributed by atoms with Crippen LogP contribution >= 0.6 is 0 Å². The summed E-state index contributed by atoms with van der Waals surface area (Å²) in [5, 5.41) is 2.13. The second-order valence-corrected chi connectivity index (χ2v) is 3.98. The summed E-state index contributed by atoms with van der Waals surface area (Å²) in [5.74, 6) is -14.8. The van der Waals surface area contributed by atoms with Gasteiger partial charge in [0.05, 0.1) is 0 Å². The summed E-state index contributed by atoms with van der Waals surface area (Å²) in [5.41, 5.74) is 0. The van der Waals surface area contributed by atoms with Crippen LogP contribution in [-0.2, 0) is 9.59 Å². The summed E-state index contributed by atoms with van der Waals surface area (Å²) < 4.78 is 69.2. The Morgan fingerprint density at radius 3 is 1.95 bits per heavy atom. The third-order valence-corrected chi connectivity index (χ3v) is 2.65. The molecule has 1 aliphatic heterocycles. The lowest BCUT2D eigenvalue weighted by Gasteiger charge is -2.12. The van der Waals surface area contributed by atoms with Gasteiger partial charge in [-0.25, -0.2) is 18.0 Å². The van der Waals surface area contributed by atoms with E-state index in [1.807, 2.05) is 0 Å². The Morgan fingerprint density at radius 2 is 1.50 bits per heavy atom. The topological polar surface area (TPSA) is 55.4 Å².